The molecule has 0 fully saturated rings. The Morgan fingerprint density at radius 1 is 0.667 bits per heavy atom. The average molecular weight is 442 g/mol. The molecule has 5 nitrogen and oxygen atoms in total. The maximum atomic E-state index is 10.3. The highest BCUT2D eigenvalue weighted by Gasteiger charge is 2.20. The Labute approximate surface area is 193 Å². The summed E-state index contributed by atoms with van der Waals surface area (Å²) in [5.41, 5.74) is 5.49. The van der Waals surface area contributed by atoms with Gasteiger partial charge in [-0.3, -0.25) is 0 Å². The minimum absolute atomic E-state index is 0.143. The molecule has 0 aliphatic heterocycles. The van der Waals surface area contributed by atoms with Crippen LogP contribution in [0.25, 0.3) is 0 Å². The smallest absolute Gasteiger partial charge is 0.151 e. The highest BCUT2D eigenvalue weighted by atomic mass is 16.5. The van der Waals surface area contributed by atoms with Crippen molar-refractivity contribution in [3.8, 4) is 28.7 Å². The third-order valence-electron chi connectivity index (χ3n) is 5.50. The van der Waals surface area contributed by atoms with E-state index < -0.39 is 0 Å². The van der Waals surface area contributed by atoms with Crippen molar-refractivity contribution in [1.82, 2.24) is 0 Å². The number of benzene rings is 4. The maximum Gasteiger partial charge on any atom is 0.151 e. The Morgan fingerprint density at radius 2 is 1.24 bits per heavy atom. The number of phenols is 3. The van der Waals surface area contributed by atoms with E-state index in [-0.39, 0.29) is 17.2 Å². The zero-order valence-electron chi connectivity index (χ0n) is 19.1. The van der Waals surface area contributed by atoms with Gasteiger partial charge in [-0.1, -0.05) is 18.2 Å². The van der Waals surface area contributed by atoms with E-state index in [1.165, 1.54) is 0 Å². The van der Waals surface area contributed by atoms with Crippen molar-refractivity contribution >= 4 is 17.1 Å². The molecule has 0 aliphatic carbocycles. The van der Waals surface area contributed by atoms with Crippen LogP contribution in [0, 0.1) is 27.7 Å². The normalized spacial score (nSPS) is 10.8. The van der Waals surface area contributed by atoms with Gasteiger partial charge < -0.3 is 25.0 Å². The van der Waals surface area contributed by atoms with Crippen LogP contribution in [0.4, 0.5) is 17.1 Å². The lowest BCUT2D eigenvalue weighted by atomic mass is 10.1. The quantitative estimate of drug-likeness (QED) is 0.303. The van der Waals surface area contributed by atoms with Crippen LogP contribution in [0.5, 0.6) is 28.7 Å². The van der Waals surface area contributed by atoms with Gasteiger partial charge >= 0.3 is 0 Å². The predicted molar refractivity (Wildman–Crippen MR) is 132 cm³/mol. The molecule has 5 heteroatoms. The standard InChI is InChI=1S/C28H27NO4/c1-17-11-21(15-23(30)13-17)29(22-12-18(2)14-24(31)16-22)25-7-5-6-8-27(25)33-28-19(3)9-10-26(32)20(28)4/h5-16,30-32H,1-4H3. The van der Waals surface area contributed by atoms with Crippen molar-refractivity contribution in [2.24, 2.45) is 0 Å². The molecule has 0 atom stereocenters. The molecule has 0 bridgehead atoms. The molecule has 4 rings (SSSR count). The lowest BCUT2D eigenvalue weighted by Crippen LogP contribution is -2.11. The fourth-order valence-corrected chi connectivity index (χ4v) is 3.98. The highest BCUT2D eigenvalue weighted by molar-refractivity contribution is 5.82. The minimum atomic E-state index is 0.143. The number of ether oxygens (including phenoxy) is 1. The minimum Gasteiger partial charge on any atom is -0.508 e. The summed E-state index contributed by atoms with van der Waals surface area (Å²) in [5, 5.41) is 30.9. The van der Waals surface area contributed by atoms with Gasteiger partial charge in [0.1, 0.15) is 23.0 Å². The second-order valence-corrected chi connectivity index (χ2v) is 8.31. The van der Waals surface area contributed by atoms with Gasteiger partial charge in [0.15, 0.2) is 5.75 Å². The summed E-state index contributed by atoms with van der Waals surface area (Å²) in [7, 11) is 0. The molecule has 0 heterocycles. The topological polar surface area (TPSA) is 73.2 Å². The molecule has 0 saturated carbocycles. The summed E-state index contributed by atoms with van der Waals surface area (Å²) < 4.78 is 6.37. The number of aryl methyl sites for hydroxylation is 3. The summed E-state index contributed by atoms with van der Waals surface area (Å²) in [4.78, 5) is 1.93. The second kappa shape index (κ2) is 8.79. The SMILES string of the molecule is Cc1cc(O)cc(N(c2cc(C)cc(O)c2)c2ccccc2Oc2c(C)ccc(O)c2C)c1. The van der Waals surface area contributed by atoms with Gasteiger partial charge in [-0.15, -0.1) is 0 Å². The monoisotopic (exact) mass is 441 g/mol. The van der Waals surface area contributed by atoms with Crippen LogP contribution >= 0.6 is 0 Å². The van der Waals surface area contributed by atoms with E-state index in [4.69, 9.17) is 4.74 Å². The fourth-order valence-electron chi connectivity index (χ4n) is 3.98. The number of phenolic OH excluding ortho intramolecular Hbond substituents is 3. The number of para-hydroxylation sites is 2. The summed E-state index contributed by atoms with van der Waals surface area (Å²) in [6.07, 6.45) is 0. The highest BCUT2D eigenvalue weighted by Crippen LogP contribution is 2.45. The summed E-state index contributed by atoms with van der Waals surface area (Å²) >= 11 is 0. The first-order chi connectivity index (χ1) is 15.7. The van der Waals surface area contributed by atoms with Crippen LogP contribution in [0.3, 0.4) is 0 Å². The number of nitrogens with zero attached hydrogens (tertiary/aromatic N) is 1. The molecule has 0 aliphatic rings. The van der Waals surface area contributed by atoms with Gasteiger partial charge in [-0.05, 0) is 86.8 Å². The Kier molecular flexibility index (Phi) is 5.88. The lowest BCUT2D eigenvalue weighted by molar-refractivity contribution is 0.446. The largest absolute Gasteiger partial charge is 0.508 e. The van der Waals surface area contributed by atoms with Crippen LogP contribution in [-0.4, -0.2) is 15.3 Å². The van der Waals surface area contributed by atoms with Crippen LogP contribution in [-0.2, 0) is 0 Å². The lowest BCUT2D eigenvalue weighted by Gasteiger charge is -2.28. The molecule has 0 spiro atoms. The first-order valence-corrected chi connectivity index (χ1v) is 10.7. The van der Waals surface area contributed by atoms with Crippen molar-refractivity contribution < 1.29 is 20.1 Å². The van der Waals surface area contributed by atoms with Crippen molar-refractivity contribution in [1.29, 1.82) is 0 Å². The van der Waals surface area contributed by atoms with Gasteiger partial charge in [-0.25, -0.2) is 0 Å². The van der Waals surface area contributed by atoms with Gasteiger partial charge in [0, 0.05) is 17.7 Å². The number of anilines is 3. The van der Waals surface area contributed by atoms with Gasteiger partial charge in [0.2, 0.25) is 0 Å². The van der Waals surface area contributed by atoms with Crippen LogP contribution in [0.1, 0.15) is 22.3 Å². The van der Waals surface area contributed by atoms with Crippen molar-refractivity contribution in [3.05, 3.63) is 95.1 Å². The number of aromatic hydroxyl groups is 3. The molecule has 0 unspecified atom stereocenters. The molecule has 33 heavy (non-hydrogen) atoms. The zero-order chi connectivity index (χ0) is 23.7. The van der Waals surface area contributed by atoms with Gasteiger partial charge in [-0.2, -0.15) is 0 Å². The van der Waals surface area contributed by atoms with E-state index in [1.54, 1.807) is 30.3 Å². The summed E-state index contributed by atoms with van der Waals surface area (Å²) in [6.45, 7) is 7.57. The van der Waals surface area contributed by atoms with E-state index >= 15 is 0 Å². The van der Waals surface area contributed by atoms with Gasteiger partial charge in [0.05, 0.1) is 17.1 Å². The molecule has 0 aromatic heterocycles. The Balaban J connectivity index is 1.93. The Morgan fingerprint density at radius 3 is 1.82 bits per heavy atom. The summed E-state index contributed by atoms with van der Waals surface area (Å²) in [5.74, 6) is 1.60. The van der Waals surface area contributed by atoms with Crippen LogP contribution in [0.15, 0.2) is 72.8 Å². The molecule has 4 aromatic carbocycles. The average Bonchev–Trinajstić information content (AvgIpc) is 2.74. The second-order valence-electron chi connectivity index (χ2n) is 8.31. The van der Waals surface area contributed by atoms with Crippen LogP contribution in [0.2, 0.25) is 0 Å². The van der Waals surface area contributed by atoms with Crippen molar-refractivity contribution in [3.63, 3.8) is 0 Å². The van der Waals surface area contributed by atoms with Crippen molar-refractivity contribution in [2.45, 2.75) is 27.7 Å². The zero-order valence-corrected chi connectivity index (χ0v) is 19.1. The van der Waals surface area contributed by atoms with Gasteiger partial charge in [0.25, 0.3) is 0 Å². The van der Waals surface area contributed by atoms with E-state index in [9.17, 15) is 15.3 Å². The molecular formula is C28H27NO4. The first kappa shape index (κ1) is 22.1. The van der Waals surface area contributed by atoms with Crippen molar-refractivity contribution in [2.75, 3.05) is 4.90 Å². The fraction of sp³-hybridized carbons (Fsp3) is 0.143. The molecule has 3 N–H and O–H groups in total. The molecular weight excluding hydrogens is 414 g/mol. The molecule has 4 aromatic rings. The van der Waals surface area contributed by atoms with E-state index in [0.29, 0.717) is 17.1 Å². The van der Waals surface area contributed by atoms with E-state index in [1.807, 2.05) is 75.1 Å². The predicted octanol–water partition coefficient (Wildman–Crippen LogP) is 7.30. The molecule has 0 radical (unpaired) electrons. The molecule has 0 amide bonds. The number of hydrogen-bond acceptors (Lipinski definition) is 5. The third kappa shape index (κ3) is 4.58. The molecule has 0 saturated heterocycles. The molecule has 168 valence electrons. The Hall–Kier alpha value is -4.12. The van der Waals surface area contributed by atoms with E-state index in [0.717, 1.165) is 33.8 Å². The number of rotatable bonds is 5. The van der Waals surface area contributed by atoms with E-state index in [2.05, 4.69) is 0 Å². The van der Waals surface area contributed by atoms with Crippen LogP contribution < -0.4 is 9.64 Å². The maximum absolute atomic E-state index is 10.3. The third-order valence-corrected chi connectivity index (χ3v) is 5.50. The first-order valence-electron chi connectivity index (χ1n) is 10.7. The summed E-state index contributed by atoms with van der Waals surface area (Å²) in [6, 6.07) is 21.7. The number of hydrogen-bond donors (Lipinski definition) is 3. The Bertz CT molecular complexity index is 1240.